The van der Waals surface area contributed by atoms with E-state index in [1.54, 1.807) is 0 Å². The minimum absolute atomic E-state index is 0.461. The molecule has 94 valence electrons. The highest BCUT2D eigenvalue weighted by atomic mass is 16.1. The van der Waals surface area contributed by atoms with Crippen molar-refractivity contribution in [3.8, 4) is 6.07 Å². The van der Waals surface area contributed by atoms with Gasteiger partial charge in [0.1, 0.15) is 5.78 Å². The van der Waals surface area contributed by atoms with Crippen molar-refractivity contribution in [3.05, 3.63) is 11.6 Å². The number of allylic oxidation sites excluding steroid dienone is 2. The topological polar surface area (TPSA) is 40.9 Å². The molecule has 0 bridgehead atoms. The molecule has 1 unspecified atom stereocenters. The number of nitrogens with zero attached hydrogens (tertiary/aromatic N) is 1. The van der Waals surface area contributed by atoms with Crippen molar-refractivity contribution in [2.24, 2.45) is 11.8 Å². The average Bonchev–Trinajstić information content (AvgIpc) is 2.35. The summed E-state index contributed by atoms with van der Waals surface area (Å²) in [5.74, 6) is 2.05. The molecular weight excluding hydrogens is 210 g/mol. The minimum atomic E-state index is 0.461. The van der Waals surface area contributed by atoms with Crippen LogP contribution < -0.4 is 0 Å². The number of rotatable bonds is 0. The summed E-state index contributed by atoms with van der Waals surface area (Å²) in [6, 6.07) is 2.19. The van der Waals surface area contributed by atoms with Crippen LogP contribution in [-0.2, 0) is 4.79 Å². The van der Waals surface area contributed by atoms with Crippen LogP contribution in [0.3, 0.4) is 0 Å². The fourth-order valence-electron chi connectivity index (χ4n) is 2.15. The van der Waals surface area contributed by atoms with E-state index in [9.17, 15) is 4.79 Å². The zero-order chi connectivity index (χ0) is 12.7. The lowest BCUT2D eigenvalue weighted by atomic mass is 9.90. The van der Waals surface area contributed by atoms with Crippen LogP contribution in [0, 0.1) is 23.2 Å². The zero-order valence-electron chi connectivity index (χ0n) is 11.0. The Bertz CT molecular complexity index is 314. The summed E-state index contributed by atoms with van der Waals surface area (Å²) >= 11 is 0. The molecular formula is C15H23NO. The molecule has 0 saturated heterocycles. The lowest BCUT2D eigenvalue weighted by Gasteiger charge is -2.14. The van der Waals surface area contributed by atoms with Gasteiger partial charge in [0.25, 0.3) is 0 Å². The predicted molar refractivity (Wildman–Crippen MR) is 69.4 cm³/mol. The van der Waals surface area contributed by atoms with Crippen LogP contribution in [0.2, 0.25) is 0 Å². The fourth-order valence-corrected chi connectivity index (χ4v) is 2.15. The Balaban J connectivity index is 0.000000171. The monoisotopic (exact) mass is 233 g/mol. The Labute approximate surface area is 105 Å². The average molecular weight is 233 g/mol. The molecule has 2 aliphatic carbocycles. The van der Waals surface area contributed by atoms with Gasteiger partial charge in [-0.05, 0) is 43.9 Å². The van der Waals surface area contributed by atoms with Crippen molar-refractivity contribution < 1.29 is 4.79 Å². The van der Waals surface area contributed by atoms with Crippen molar-refractivity contribution >= 4 is 5.78 Å². The largest absolute Gasteiger partial charge is 0.300 e. The van der Waals surface area contributed by atoms with E-state index in [4.69, 9.17) is 5.26 Å². The molecule has 0 amide bonds. The highest BCUT2D eigenvalue weighted by molar-refractivity contribution is 5.78. The molecule has 0 spiro atoms. The molecule has 0 aliphatic heterocycles. The Morgan fingerprint density at radius 2 is 1.71 bits per heavy atom. The lowest BCUT2D eigenvalue weighted by molar-refractivity contribution is -0.120. The number of Topliss-reactive ketones (excluding diaryl/α,β-unsaturated/α-hetero) is 1. The Morgan fingerprint density at radius 3 is 2.12 bits per heavy atom. The molecule has 0 aromatic rings. The molecule has 0 N–H and O–H groups in total. The molecule has 2 aliphatic rings. The molecule has 2 heteroatoms. The number of carbonyl (C=O) groups is 1. The summed E-state index contributed by atoms with van der Waals surface area (Å²) in [6.45, 7) is 4.44. The smallest absolute Gasteiger partial charge is 0.132 e. The third-order valence-corrected chi connectivity index (χ3v) is 3.65. The Hall–Kier alpha value is -1.10. The molecule has 0 radical (unpaired) electrons. The van der Waals surface area contributed by atoms with Gasteiger partial charge in [-0.2, -0.15) is 5.26 Å². The van der Waals surface area contributed by atoms with Gasteiger partial charge in [0, 0.05) is 18.4 Å². The molecule has 1 atom stereocenters. The molecule has 1 saturated carbocycles. The summed E-state index contributed by atoms with van der Waals surface area (Å²) in [6.07, 6.45) is 9.27. The van der Waals surface area contributed by atoms with E-state index in [0.717, 1.165) is 55.9 Å². The molecule has 2 rings (SSSR count). The van der Waals surface area contributed by atoms with E-state index in [0.29, 0.717) is 5.78 Å². The molecule has 0 heterocycles. The second kappa shape index (κ2) is 7.27. The fraction of sp³-hybridized carbons (Fsp3) is 0.733. The van der Waals surface area contributed by atoms with Crippen LogP contribution in [-0.4, -0.2) is 5.78 Å². The van der Waals surface area contributed by atoms with Gasteiger partial charge in [-0.3, -0.25) is 4.79 Å². The second-order valence-corrected chi connectivity index (χ2v) is 5.44. The maximum Gasteiger partial charge on any atom is 0.132 e. The Kier molecular flexibility index (Phi) is 5.97. The van der Waals surface area contributed by atoms with Crippen molar-refractivity contribution in [1.29, 1.82) is 5.26 Å². The SMILES string of the molecule is CC1CC=C(C#N)CC1.CC1CCC(=O)CC1. The summed E-state index contributed by atoms with van der Waals surface area (Å²) in [7, 11) is 0. The van der Waals surface area contributed by atoms with Crippen LogP contribution in [0.1, 0.15) is 58.8 Å². The lowest BCUT2D eigenvalue weighted by Crippen LogP contribution is -2.10. The molecule has 17 heavy (non-hydrogen) atoms. The van der Waals surface area contributed by atoms with E-state index in [-0.39, 0.29) is 0 Å². The number of nitriles is 1. The number of hydrogen-bond donors (Lipinski definition) is 0. The second-order valence-electron chi connectivity index (χ2n) is 5.44. The zero-order valence-corrected chi connectivity index (χ0v) is 11.0. The first kappa shape index (κ1) is 14.0. The number of carbonyl (C=O) groups excluding carboxylic acids is 1. The minimum Gasteiger partial charge on any atom is -0.300 e. The highest BCUT2D eigenvalue weighted by Crippen LogP contribution is 2.21. The molecule has 2 nitrogen and oxygen atoms in total. The van der Waals surface area contributed by atoms with Crippen molar-refractivity contribution in [3.63, 3.8) is 0 Å². The summed E-state index contributed by atoms with van der Waals surface area (Å²) in [5, 5.41) is 8.46. The van der Waals surface area contributed by atoms with Crippen LogP contribution in [0.25, 0.3) is 0 Å². The summed E-state index contributed by atoms with van der Waals surface area (Å²) < 4.78 is 0. The maximum absolute atomic E-state index is 10.6. The number of hydrogen-bond acceptors (Lipinski definition) is 2. The quantitative estimate of drug-likeness (QED) is 0.634. The van der Waals surface area contributed by atoms with Gasteiger partial charge in [-0.15, -0.1) is 0 Å². The van der Waals surface area contributed by atoms with E-state index in [1.165, 1.54) is 6.42 Å². The normalized spacial score (nSPS) is 25.4. The number of ketones is 1. The van der Waals surface area contributed by atoms with Gasteiger partial charge in [0.15, 0.2) is 0 Å². The van der Waals surface area contributed by atoms with Gasteiger partial charge >= 0.3 is 0 Å². The van der Waals surface area contributed by atoms with Crippen LogP contribution >= 0.6 is 0 Å². The van der Waals surface area contributed by atoms with Gasteiger partial charge in [-0.25, -0.2) is 0 Å². The van der Waals surface area contributed by atoms with Gasteiger partial charge in [-0.1, -0.05) is 19.9 Å². The van der Waals surface area contributed by atoms with Crippen LogP contribution in [0.15, 0.2) is 11.6 Å². The van der Waals surface area contributed by atoms with Crippen molar-refractivity contribution in [2.75, 3.05) is 0 Å². The van der Waals surface area contributed by atoms with E-state index < -0.39 is 0 Å². The van der Waals surface area contributed by atoms with Gasteiger partial charge in [0.05, 0.1) is 6.07 Å². The third-order valence-electron chi connectivity index (χ3n) is 3.65. The van der Waals surface area contributed by atoms with Crippen LogP contribution in [0.5, 0.6) is 0 Å². The van der Waals surface area contributed by atoms with E-state index in [2.05, 4.69) is 26.0 Å². The van der Waals surface area contributed by atoms with Gasteiger partial charge in [0.2, 0.25) is 0 Å². The standard InChI is InChI=1S/C8H11N.C7H12O/c1-7-2-4-8(6-9)5-3-7;1-6-2-4-7(8)5-3-6/h4,7H,2-3,5H2,1H3;6H,2-5H2,1H3. The third kappa shape index (κ3) is 5.68. The first-order valence-electron chi connectivity index (χ1n) is 6.72. The molecule has 0 aromatic heterocycles. The van der Waals surface area contributed by atoms with Gasteiger partial charge < -0.3 is 0 Å². The first-order valence-corrected chi connectivity index (χ1v) is 6.72. The Morgan fingerprint density at radius 1 is 1.12 bits per heavy atom. The summed E-state index contributed by atoms with van der Waals surface area (Å²) in [5.41, 5.74) is 0.980. The van der Waals surface area contributed by atoms with E-state index >= 15 is 0 Å². The van der Waals surface area contributed by atoms with Crippen LogP contribution in [0.4, 0.5) is 0 Å². The van der Waals surface area contributed by atoms with Crippen molar-refractivity contribution in [2.45, 2.75) is 58.8 Å². The first-order chi connectivity index (χ1) is 8.11. The maximum atomic E-state index is 10.6. The summed E-state index contributed by atoms with van der Waals surface area (Å²) in [4.78, 5) is 10.6. The predicted octanol–water partition coefficient (Wildman–Crippen LogP) is 4.02. The molecule has 0 aromatic carbocycles. The van der Waals surface area contributed by atoms with Crippen molar-refractivity contribution in [1.82, 2.24) is 0 Å². The highest BCUT2D eigenvalue weighted by Gasteiger charge is 2.13. The molecule has 1 fully saturated rings. The van der Waals surface area contributed by atoms with E-state index in [1.807, 2.05) is 0 Å².